The van der Waals surface area contributed by atoms with Gasteiger partial charge >= 0.3 is 5.97 Å². The molecule has 1 aromatic heterocycles. The Morgan fingerprint density at radius 3 is 2.69 bits per heavy atom. The predicted molar refractivity (Wildman–Crippen MR) is 92.6 cm³/mol. The lowest BCUT2D eigenvalue weighted by atomic mass is 10.2. The Balaban J connectivity index is 1.46. The maximum atomic E-state index is 11.8. The van der Waals surface area contributed by atoms with Crippen molar-refractivity contribution in [1.29, 1.82) is 0 Å². The summed E-state index contributed by atoms with van der Waals surface area (Å²) in [5.74, 6) is 1.63. The van der Waals surface area contributed by atoms with Gasteiger partial charge in [0, 0.05) is 5.56 Å². The Morgan fingerprint density at radius 2 is 1.88 bits per heavy atom. The van der Waals surface area contributed by atoms with Crippen LogP contribution in [0.25, 0.3) is 11.4 Å². The van der Waals surface area contributed by atoms with Crippen molar-refractivity contribution in [3.8, 4) is 22.9 Å². The summed E-state index contributed by atoms with van der Waals surface area (Å²) in [4.78, 5) is 16.0. The topological polar surface area (TPSA) is 83.7 Å². The molecule has 134 valence electrons. The van der Waals surface area contributed by atoms with Crippen molar-refractivity contribution in [2.45, 2.75) is 13.0 Å². The summed E-state index contributed by atoms with van der Waals surface area (Å²) in [6, 6.07) is 16.6. The molecular weight excluding hydrogens is 336 g/mol. The quantitative estimate of drug-likeness (QED) is 0.574. The number of methoxy groups -OCH3 is 1. The van der Waals surface area contributed by atoms with Crippen LogP contribution >= 0.6 is 0 Å². The van der Waals surface area contributed by atoms with Crippen LogP contribution in [0.15, 0.2) is 59.1 Å². The Kier molecular flexibility index (Phi) is 5.82. The molecule has 0 atom stereocenters. The van der Waals surface area contributed by atoms with Crippen LogP contribution in [0.4, 0.5) is 0 Å². The summed E-state index contributed by atoms with van der Waals surface area (Å²) in [5, 5.41) is 3.88. The highest BCUT2D eigenvalue weighted by molar-refractivity contribution is 5.69. The molecule has 0 aliphatic heterocycles. The maximum Gasteiger partial charge on any atom is 0.309 e. The Bertz CT molecular complexity index is 848. The zero-order valence-corrected chi connectivity index (χ0v) is 14.3. The van der Waals surface area contributed by atoms with Gasteiger partial charge in [0.15, 0.2) is 6.61 Å². The fourth-order valence-electron chi connectivity index (χ4n) is 2.18. The zero-order valence-electron chi connectivity index (χ0n) is 14.3. The lowest BCUT2D eigenvalue weighted by Crippen LogP contribution is -2.10. The van der Waals surface area contributed by atoms with Crippen LogP contribution in [0.3, 0.4) is 0 Å². The minimum Gasteiger partial charge on any atom is -0.497 e. The summed E-state index contributed by atoms with van der Waals surface area (Å²) >= 11 is 0. The van der Waals surface area contributed by atoms with E-state index in [4.69, 9.17) is 18.7 Å². The second-order valence-corrected chi connectivity index (χ2v) is 5.32. The summed E-state index contributed by atoms with van der Waals surface area (Å²) in [6.07, 6.45) is 0.131. The van der Waals surface area contributed by atoms with Crippen LogP contribution in [0, 0.1) is 0 Å². The van der Waals surface area contributed by atoms with Crippen LogP contribution in [0.1, 0.15) is 12.3 Å². The van der Waals surface area contributed by atoms with Gasteiger partial charge in [-0.1, -0.05) is 35.5 Å². The fourth-order valence-corrected chi connectivity index (χ4v) is 2.18. The summed E-state index contributed by atoms with van der Waals surface area (Å²) in [6.45, 7) is 0.156. The number of para-hydroxylation sites is 1. The SMILES string of the molecule is COc1cccc(-c2noc(COC(=O)CCOc3ccccc3)n2)c1. The zero-order chi connectivity index (χ0) is 18.2. The van der Waals surface area contributed by atoms with Gasteiger partial charge in [0.05, 0.1) is 20.1 Å². The fraction of sp³-hybridized carbons (Fsp3) is 0.211. The van der Waals surface area contributed by atoms with Crippen LogP contribution in [-0.4, -0.2) is 29.8 Å². The minimum absolute atomic E-state index is 0.0822. The van der Waals surface area contributed by atoms with Crippen molar-refractivity contribution >= 4 is 5.97 Å². The van der Waals surface area contributed by atoms with Crippen molar-refractivity contribution in [1.82, 2.24) is 10.1 Å². The molecule has 1 heterocycles. The normalized spacial score (nSPS) is 10.3. The number of carbonyl (C=O) groups excluding carboxylic acids is 1. The highest BCUT2D eigenvalue weighted by atomic mass is 16.6. The van der Waals surface area contributed by atoms with Crippen LogP contribution in [0.5, 0.6) is 11.5 Å². The standard InChI is InChI=1S/C19H18N2O5/c1-23-16-9-5-6-14(12-16)19-20-17(26-21-19)13-25-18(22)10-11-24-15-7-3-2-4-8-15/h2-9,12H,10-11,13H2,1H3. The van der Waals surface area contributed by atoms with Crippen molar-refractivity contribution in [2.75, 3.05) is 13.7 Å². The van der Waals surface area contributed by atoms with Crippen LogP contribution < -0.4 is 9.47 Å². The number of nitrogens with zero attached hydrogens (tertiary/aromatic N) is 2. The molecule has 3 aromatic rings. The van der Waals surface area contributed by atoms with E-state index >= 15 is 0 Å². The third-order valence-electron chi connectivity index (χ3n) is 3.47. The maximum absolute atomic E-state index is 11.8. The number of rotatable bonds is 8. The van der Waals surface area contributed by atoms with Gasteiger partial charge in [0.1, 0.15) is 11.5 Å². The molecule has 0 saturated carbocycles. The second-order valence-electron chi connectivity index (χ2n) is 5.32. The first-order chi connectivity index (χ1) is 12.7. The Morgan fingerprint density at radius 1 is 1.08 bits per heavy atom. The molecule has 0 unspecified atom stereocenters. The molecule has 0 spiro atoms. The van der Waals surface area contributed by atoms with E-state index in [-0.39, 0.29) is 25.5 Å². The number of esters is 1. The molecule has 0 aliphatic rings. The molecule has 0 aliphatic carbocycles. The van der Waals surface area contributed by atoms with E-state index in [1.165, 1.54) is 0 Å². The Labute approximate surface area is 150 Å². The van der Waals surface area contributed by atoms with Gasteiger partial charge in [0.25, 0.3) is 5.89 Å². The molecule has 3 rings (SSSR count). The van der Waals surface area contributed by atoms with E-state index in [1.54, 1.807) is 13.2 Å². The largest absolute Gasteiger partial charge is 0.497 e. The smallest absolute Gasteiger partial charge is 0.309 e. The third-order valence-corrected chi connectivity index (χ3v) is 3.47. The highest BCUT2D eigenvalue weighted by Crippen LogP contribution is 2.21. The van der Waals surface area contributed by atoms with E-state index in [2.05, 4.69) is 10.1 Å². The van der Waals surface area contributed by atoms with E-state index in [0.717, 1.165) is 5.56 Å². The number of carbonyl (C=O) groups is 1. The molecule has 7 nitrogen and oxygen atoms in total. The number of hydrogen-bond acceptors (Lipinski definition) is 7. The highest BCUT2D eigenvalue weighted by Gasteiger charge is 2.12. The van der Waals surface area contributed by atoms with Crippen molar-refractivity contribution in [2.24, 2.45) is 0 Å². The average Bonchev–Trinajstić information content (AvgIpc) is 3.16. The van der Waals surface area contributed by atoms with Gasteiger partial charge in [0.2, 0.25) is 5.82 Å². The first-order valence-electron chi connectivity index (χ1n) is 8.05. The van der Waals surface area contributed by atoms with E-state index in [0.29, 0.717) is 17.3 Å². The first-order valence-corrected chi connectivity index (χ1v) is 8.05. The Hall–Kier alpha value is -3.35. The van der Waals surface area contributed by atoms with Gasteiger partial charge in [-0.2, -0.15) is 4.98 Å². The van der Waals surface area contributed by atoms with Gasteiger partial charge in [-0.3, -0.25) is 4.79 Å². The number of aromatic nitrogens is 2. The molecule has 2 aromatic carbocycles. The molecule has 0 fully saturated rings. The van der Waals surface area contributed by atoms with Gasteiger partial charge < -0.3 is 18.7 Å². The molecule has 0 bridgehead atoms. The summed E-state index contributed by atoms with van der Waals surface area (Å²) in [5.41, 5.74) is 0.752. The van der Waals surface area contributed by atoms with Crippen LogP contribution in [-0.2, 0) is 16.1 Å². The molecule has 0 saturated heterocycles. The predicted octanol–water partition coefficient (Wildman–Crippen LogP) is 3.26. The van der Waals surface area contributed by atoms with Gasteiger partial charge in [-0.15, -0.1) is 0 Å². The lowest BCUT2D eigenvalue weighted by molar-refractivity contribution is -0.146. The van der Waals surface area contributed by atoms with Crippen LogP contribution in [0.2, 0.25) is 0 Å². The van der Waals surface area contributed by atoms with E-state index in [9.17, 15) is 4.79 Å². The van der Waals surface area contributed by atoms with Gasteiger partial charge in [-0.05, 0) is 24.3 Å². The lowest BCUT2D eigenvalue weighted by Gasteiger charge is -2.05. The summed E-state index contributed by atoms with van der Waals surface area (Å²) < 4.78 is 20.8. The first kappa shape index (κ1) is 17.5. The second kappa shape index (κ2) is 8.66. The summed E-state index contributed by atoms with van der Waals surface area (Å²) in [7, 11) is 1.59. The molecule has 0 amide bonds. The average molecular weight is 354 g/mol. The monoisotopic (exact) mass is 354 g/mol. The number of ether oxygens (including phenoxy) is 3. The van der Waals surface area contributed by atoms with Crippen molar-refractivity contribution in [3.63, 3.8) is 0 Å². The molecular formula is C19H18N2O5. The number of hydrogen-bond donors (Lipinski definition) is 0. The van der Waals surface area contributed by atoms with Crippen molar-refractivity contribution < 1.29 is 23.5 Å². The van der Waals surface area contributed by atoms with Crippen molar-refractivity contribution in [3.05, 3.63) is 60.5 Å². The van der Waals surface area contributed by atoms with Gasteiger partial charge in [-0.25, -0.2) is 0 Å². The van der Waals surface area contributed by atoms with E-state index < -0.39 is 5.97 Å². The molecule has 0 radical (unpaired) electrons. The third kappa shape index (κ3) is 4.83. The number of benzene rings is 2. The van der Waals surface area contributed by atoms with E-state index in [1.807, 2.05) is 48.5 Å². The molecule has 26 heavy (non-hydrogen) atoms. The molecule has 7 heteroatoms. The minimum atomic E-state index is -0.401. The molecule has 0 N–H and O–H groups in total.